The van der Waals surface area contributed by atoms with Gasteiger partial charge in [-0.3, -0.25) is 0 Å². The number of hydrogen-bond acceptors (Lipinski definition) is 2. The van der Waals surface area contributed by atoms with E-state index in [0.717, 1.165) is 0 Å². The minimum Gasteiger partial charge on any atom is -0.432 e. The van der Waals surface area contributed by atoms with Crippen LogP contribution in [-0.2, 0) is 0 Å². The molecule has 0 bridgehead atoms. The van der Waals surface area contributed by atoms with Crippen LogP contribution in [0.25, 0.3) is 0 Å². The Kier molecular flexibility index (Phi) is 2.60. The van der Waals surface area contributed by atoms with Crippen LogP contribution in [-0.4, -0.2) is 12.7 Å². The molecule has 0 radical (unpaired) electrons. The molecule has 0 spiro atoms. The van der Waals surface area contributed by atoms with Crippen molar-refractivity contribution >= 4 is 0 Å². The van der Waals surface area contributed by atoms with Gasteiger partial charge in [0.1, 0.15) is 5.75 Å². The second kappa shape index (κ2) is 3.49. The summed E-state index contributed by atoms with van der Waals surface area (Å²) in [5.41, 5.74) is 4.78. The zero-order valence-electron chi connectivity index (χ0n) is 6.34. The van der Waals surface area contributed by atoms with Crippen LogP contribution < -0.4 is 10.5 Å². The summed E-state index contributed by atoms with van der Waals surface area (Å²) in [6.45, 7) is -0.818. The Bertz CT molecular complexity index is 238. The van der Waals surface area contributed by atoms with Gasteiger partial charge in [0.15, 0.2) is 0 Å². The Hall–Kier alpha value is -1.16. The largest absolute Gasteiger partial charge is 0.432 e. The lowest BCUT2D eigenvalue weighted by Crippen LogP contribution is -2.34. The van der Waals surface area contributed by atoms with Gasteiger partial charge in [0.2, 0.25) is 0 Å². The second-order valence-electron chi connectivity index (χ2n) is 2.26. The van der Waals surface area contributed by atoms with E-state index < -0.39 is 12.7 Å². The molecule has 0 aliphatic heterocycles. The van der Waals surface area contributed by atoms with Crippen molar-refractivity contribution in [3.05, 3.63) is 30.3 Å². The van der Waals surface area contributed by atoms with Crippen molar-refractivity contribution in [1.29, 1.82) is 0 Å². The molecule has 0 aromatic heterocycles. The minimum atomic E-state index is -3.28. The number of halogens is 2. The molecule has 2 N–H and O–H groups in total. The lowest BCUT2D eigenvalue weighted by Gasteiger charge is -2.15. The highest BCUT2D eigenvalue weighted by Gasteiger charge is 2.28. The summed E-state index contributed by atoms with van der Waals surface area (Å²) >= 11 is 0. The predicted molar refractivity (Wildman–Crippen MR) is 41.1 cm³/mol. The van der Waals surface area contributed by atoms with E-state index in [-0.39, 0.29) is 5.75 Å². The summed E-state index contributed by atoms with van der Waals surface area (Å²) in [7, 11) is 0. The van der Waals surface area contributed by atoms with Crippen LogP contribution in [0.4, 0.5) is 8.78 Å². The number of ether oxygens (including phenoxy) is 1. The van der Waals surface area contributed by atoms with Gasteiger partial charge < -0.3 is 10.5 Å². The van der Waals surface area contributed by atoms with Crippen molar-refractivity contribution in [2.75, 3.05) is 6.54 Å². The van der Waals surface area contributed by atoms with Gasteiger partial charge in [-0.2, -0.15) is 8.78 Å². The average molecular weight is 173 g/mol. The Morgan fingerprint density at radius 3 is 2.33 bits per heavy atom. The van der Waals surface area contributed by atoms with E-state index in [1.807, 2.05) is 0 Å². The van der Waals surface area contributed by atoms with Gasteiger partial charge >= 0.3 is 6.11 Å². The summed E-state index contributed by atoms with van der Waals surface area (Å²) < 4.78 is 29.3. The maximum absolute atomic E-state index is 12.5. The Labute approximate surface area is 68.9 Å². The second-order valence-corrected chi connectivity index (χ2v) is 2.26. The summed E-state index contributed by atoms with van der Waals surface area (Å²) in [5.74, 6) is 0.118. The lowest BCUT2D eigenvalue weighted by molar-refractivity contribution is -0.166. The van der Waals surface area contributed by atoms with Crippen molar-refractivity contribution in [1.82, 2.24) is 0 Å². The molecular weight excluding hydrogens is 164 g/mol. The summed E-state index contributed by atoms with van der Waals surface area (Å²) in [6, 6.07) is 7.84. The third kappa shape index (κ3) is 2.47. The van der Waals surface area contributed by atoms with Crippen molar-refractivity contribution in [2.45, 2.75) is 6.11 Å². The average Bonchev–Trinajstić information content (AvgIpc) is 2.06. The summed E-state index contributed by atoms with van der Waals surface area (Å²) in [4.78, 5) is 0. The molecule has 66 valence electrons. The van der Waals surface area contributed by atoms with Crippen molar-refractivity contribution in [2.24, 2.45) is 5.73 Å². The van der Waals surface area contributed by atoms with Crippen LogP contribution in [0, 0.1) is 0 Å². The first kappa shape index (κ1) is 8.93. The van der Waals surface area contributed by atoms with Gasteiger partial charge in [0.25, 0.3) is 0 Å². The van der Waals surface area contributed by atoms with Crippen LogP contribution in [0.3, 0.4) is 0 Å². The fraction of sp³-hybridized carbons (Fsp3) is 0.250. The molecule has 0 fully saturated rings. The molecule has 1 rings (SSSR count). The van der Waals surface area contributed by atoms with E-state index in [0.29, 0.717) is 0 Å². The number of hydrogen-bond donors (Lipinski definition) is 1. The van der Waals surface area contributed by atoms with Crippen LogP contribution >= 0.6 is 0 Å². The van der Waals surface area contributed by atoms with Crippen molar-refractivity contribution < 1.29 is 13.5 Å². The third-order valence-corrected chi connectivity index (χ3v) is 1.25. The highest BCUT2D eigenvalue weighted by atomic mass is 19.3. The molecule has 0 atom stereocenters. The van der Waals surface area contributed by atoms with E-state index in [1.54, 1.807) is 18.2 Å². The molecule has 1 aromatic carbocycles. The fourth-order valence-corrected chi connectivity index (χ4v) is 0.703. The maximum Gasteiger partial charge on any atom is 0.410 e. The third-order valence-electron chi connectivity index (χ3n) is 1.25. The number of para-hydroxylation sites is 1. The summed E-state index contributed by atoms with van der Waals surface area (Å²) in [6.07, 6.45) is -3.28. The topological polar surface area (TPSA) is 35.2 Å². The molecule has 0 saturated heterocycles. The van der Waals surface area contributed by atoms with Gasteiger partial charge in [0.05, 0.1) is 6.54 Å². The smallest absolute Gasteiger partial charge is 0.410 e. The zero-order chi connectivity index (χ0) is 9.03. The lowest BCUT2D eigenvalue weighted by atomic mass is 10.3. The highest BCUT2D eigenvalue weighted by molar-refractivity contribution is 5.21. The molecule has 4 heteroatoms. The van der Waals surface area contributed by atoms with E-state index in [4.69, 9.17) is 5.73 Å². The van der Waals surface area contributed by atoms with E-state index in [1.165, 1.54) is 12.1 Å². The van der Waals surface area contributed by atoms with E-state index >= 15 is 0 Å². The summed E-state index contributed by atoms with van der Waals surface area (Å²) in [5, 5.41) is 0. The molecule has 0 aliphatic rings. The molecular formula is C8H9F2NO. The number of rotatable bonds is 3. The first-order valence-electron chi connectivity index (χ1n) is 3.46. The van der Waals surface area contributed by atoms with Crippen LogP contribution in [0.5, 0.6) is 5.75 Å². The Morgan fingerprint density at radius 1 is 1.25 bits per heavy atom. The van der Waals surface area contributed by atoms with E-state index in [2.05, 4.69) is 4.74 Å². The molecule has 0 aliphatic carbocycles. The monoisotopic (exact) mass is 173 g/mol. The number of nitrogens with two attached hydrogens (primary N) is 1. The van der Waals surface area contributed by atoms with Gasteiger partial charge in [-0.15, -0.1) is 0 Å². The Balaban J connectivity index is 2.64. The quantitative estimate of drug-likeness (QED) is 0.753. The molecule has 0 saturated carbocycles. The molecule has 12 heavy (non-hydrogen) atoms. The van der Waals surface area contributed by atoms with E-state index in [9.17, 15) is 8.78 Å². The highest BCUT2D eigenvalue weighted by Crippen LogP contribution is 2.19. The zero-order valence-corrected chi connectivity index (χ0v) is 6.34. The molecule has 2 nitrogen and oxygen atoms in total. The standard InChI is InChI=1S/C8H9F2NO/c9-8(10,6-11)12-7-4-2-1-3-5-7/h1-5H,6,11H2. The van der Waals surface area contributed by atoms with Gasteiger partial charge in [-0.05, 0) is 12.1 Å². The fourth-order valence-electron chi connectivity index (χ4n) is 0.703. The predicted octanol–water partition coefficient (Wildman–Crippen LogP) is 1.62. The number of alkyl halides is 2. The van der Waals surface area contributed by atoms with Crippen molar-refractivity contribution in [3.8, 4) is 5.75 Å². The minimum absolute atomic E-state index is 0.118. The molecule has 0 unspecified atom stereocenters. The first-order chi connectivity index (χ1) is 5.64. The van der Waals surface area contributed by atoms with Gasteiger partial charge in [-0.25, -0.2) is 0 Å². The first-order valence-corrected chi connectivity index (χ1v) is 3.46. The molecule has 0 amide bonds. The maximum atomic E-state index is 12.5. The SMILES string of the molecule is NCC(F)(F)Oc1ccccc1. The molecule has 0 heterocycles. The van der Waals surface area contributed by atoms with Gasteiger partial charge in [-0.1, -0.05) is 18.2 Å². The van der Waals surface area contributed by atoms with Crippen LogP contribution in [0.1, 0.15) is 0 Å². The van der Waals surface area contributed by atoms with Crippen LogP contribution in [0.15, 0.2) is 30.3 Å². The normalized spacial score (nSPS) is 11.2. The molecule has 1 aromatic rings. The van der Waals surface area contributed by atoms with Crippen molar-refractivity contribution in [3.63, 3.8) is 0 Å². The van der Waals surface area contributed by atoms with Gasteiger partial charge in [0, 0.05) is 0 Å². The number of benzene rings is 1. The van der Waals surface area contributed by atoms with Crippen LogP contribution in [0.2, 0.25) is 0 Å². The Morgan fingerprint density at radius 2 is 1.83 bits per heavy atom.